The second-order valence-electron chi connectivity index (χ2n) is 6.63. The van der Waals surface area contributed by atoms with Crippen molar-refractivity contribution in [1.29, 1.82) is 0 Å². The minimum Gasteiger partial charge on any atom is -0.382 e. The zero-order chi connectivity index (χ0) is 23.1. The molecule has 2 atom stereocenters. The fourth-order valence-electron chi connectivity index (χ4n) is 2.89. The number of carbonyl (C=O) groups excluding carboxylic acids is 2. The first-order valence-electron chi connectivity index (χ1n) is 9.66. The lowest BCUT2D eigenvalue weighted by Crippen LogP contribution is -2.14. The second-order valence-corrected chi connectivity index (χ2v) is 10.8. The van der Waals surface area contributed by atoms with Crippen LogP contribution in [0.2, 0.25) is 0 Å². The molecule has 0 spiro atoms. The zero-order valence-electron chi connectivity index (χ0n) is 17.5. The highest BCUT2D eigenvalue weighted by molar-refractivity contribution is 8.13. The van der Waals surface area contributed by atoms with Crippen molar-refractivity contribution in [3.8, 4) is 0 Å². The normalized spacial score (nSPS) is 18.9. The van der Waals surface area contributed by atoms with E-state index >= 15 is 0 Å². The Morgan fingerprint density at radius 1 is 1.19 bits per heavy atom. The highest BCUT2D eigenvalue weighted by atomic mass is 32.2. The van der Waals surface area contributed by atoms with Crippen molar-refractivity contribution in [2.45, 2.75) is 32.6 Å². The van der Waals surface area contributed by atoms with Gasteiger partial charge in [-0.2, -0.15) is 0 Å². The predicted molar refractivity (Wildman–Crippen MR) is 120 cm³/mol. The van der Waals surface area contributed by atoms with Gasteiger partial charge in [-0.05, 0) is 0 Å². The first-order valence-corrected chi connectivity index (χ1v) is 13.1. The maximum Gasteiger partial charge on any atom is 0.477 e. The summed E-state index contributed by atoms with van der Waals surface area (Å²) in [5.74, 6) is 0.869. The number of nitrogens with two attached hydrogens (primary N) is 1. The van der Waals surface area contributed by atoms with Crippen LogP contribution in [0, 0.1) is 0 Å². The summed E-state index contributed by atoms with van der Waals surface area (Å²) in [6.45, 7) is 3.10. The van der Waals surface area contributed by atoms with Crippen LogP contribution in [0.25, 0.3) is 11.2 Å². The van der Waals surface area contributed by atoms with Gasteiger partial charge >= 0.3 is 7.82 Å². The van der Waals surface area contributed by atoms with Gasteiger partial charge in [0.2, 0.25) is 0 Å². The van der Waals surface area contributed by atoms with Crippen molar-refractivity contribution in [2.75, 3.05) is 37.1 Å². The Hall–Kier alpha value is -1.54. The van der Waals surface area contributed by atoms with Gasteiger partial charge in [-0.25, -0.2) is 19.5 Å². The Bertz CT molecular complexity index is 981. The van der Waals surface area contributed by atoms with Gasteiger partial charge in [0.05, 0.1) is 32.2 Å². The van der Waals surface area contributed by atoms with Gasteiger partial charge in [0.25, 0.3) is 0 Å². The van der Waals surface area contributed by atoms with E-state index in [2.05, 4.69) is 15.0 Å². The second kappa shape index (κ2) is 11.5. The Kier molecular flexibility index (Phi) is 9.05. The van der Waals surface area contributed by atoms with E-state index in [1.807, 2.05) is 0 Å². The maximum atomic E-state index is 13.1. The number of hydrogen-bond donors (Lipinski definition) is 1. The number of phosphoric ester groups is 1. The third-order valence-electron chi connectivity index (χ3n) is 4.24. The van der Waals surface area contributed by atoms with Crippen LogP contribution in [0.3, 0.4) is 0 Å². The first-order chi connectivity index (χ1) is 15.3. The molecule has 1 saturated heterocycles. The van der Waals surface area contributed by atoms with Gasteiger partial charge in [0, 0.05) is 31.8 Å². The van der Waals surface area contributed by atoms with E-state index in [0.29, 0.717) is 29.1 Å². The average molecular weight is 506 g/mol. The largest absolute Gasteiger partial charge is 0.477 e. The van der Waals surface area contributed by atoms with Crippen LogP contribution in [0.5, 0.6) is 0 Å². The van der Waals surface area contributed by atoms with Crippen LogP contribution in [0.15, 0.2) is 12.7 Å². The van der Waals surface area contributed by atoms with Crippen molar-refractivity contribution in [2.24, 2.45) is 0 Å². The van der Waals surface area contributed by atoms with Crippen molar-refractivity contribution in [1.82, 2.24) is 19.5 Å². The number of anilines is 1. The number of thioether (sulfide) groups is 2. The van der Waals surface area contributed by atoms with E-state index in [1.165, 1.54) is 20.2 Å². The van der Waals surface area contributed by atoms with Crippen molar-refractivity contribution in [3.63, 3.8) is 0 Å². The number of fused-ring (bicyclic) bond motifs is 1. The van der Waals surface area contributed by atoms with Crippen molar-refractivity contribution < 1.29 is 32.5 Å². The molecule has 1 aliphatic heterocycles. The molecule has 0 amide bonds. The molecule has 3 rings (SSSR count). The first kappa shape index (κ1) is 25.1. The van der Waals surface area contributed by atoms with E-state index < -0.39 is 14.1 Å². The van der Waals surface area contributed by atoms with Gasteiger partial charge in [-0.3, -0.25) is 23.2 Å². The van der Waals surface area contributed by atoms with Gasteiger partial charge in [0.15, 0.2) is 28.0 Å². The highest BCUT2D eigenvalue weighted by Gasteiger charge is 2.37. The predicted octanol–water partition coefficient (Wildman–Crippen LogP) is 2.41. The van der Waals surface area contributed by atoms with Gasteiger partial charge in [0.1, 0.15) is 11.8 Å². The number of carbonyl (C=O) groups is 2. The van der Waals surface area contributed by atoms with E-state index in [-0.39, 0.29) is 41.9 Å². The molecule has 0 unspecified atom stereocenters. The Morgan fingerprint density at radius 3 is 2.47 bits per heavy atom. The minimum atomic E-state index is -3.99. The number of ether oxygens (including phenoxy) is 1. The lowest BCUT2D eigenvalue weighted by atomic mass is 10.2. The summed E-state index contributed by atoms with van der Waals surface area (Å²) >= 11 is 2.08. The summed E-state index contributed by atoms with van der Waals surface area (Å²) in [6.07, 6.45) is 2.43. The van der Waals surface area contributed by atoms with Crippen LogP contribution in [-0.4, -0.2) is 67.4 Å². The van der Waals surface area contributed by atoms with E-state index in [4.69, 9.17) is 24.0 Å². The number of hydrogen-bond acceptors (Lipinski definition) is 13. The molecule has 0 bridgehead atoms. The standard InChI is InChI=1S/C17H24N5O7PS2/c1-11(23)31-5-3-27-30(25,28-4-6-32-12(2)24)29-14-7-13(8-26-14)22-10-21-15-16(18)19-9-20-17(15)22/h9-10,13-14H,3-8H2,1-2H3,(H2,18,19,20)/t13-,14+/m1/s1. The SMILES string of the molecule is CC(=O)SCCOP(=O)(OCCSC(C)=O)O[C@H]1C[C@@H](n2cnc3c(N)ncnc32)CO1. The number of nitrogen functional groups attached to an aromatic ring is 1. The van der Waals surface area contributed by atoms with E-state index in [1.54, 1.807) is 10.9 Å². The van der Waals surface area contributed by atoms with Crippen molar-refractivity contribution >= 4 is 58.6 Å². The minimum absolute atomic E-state index is 0.0140. The van der Waals surface area contributed by atoms with Gasteiger partial charge in [-0.15, -0.1) is 0 Å². The molecule has 2 aromatic heterocycles. The number of aromatic nitrogens is 4. The molecule has 0 aromatic carbocycles. The number of imidazole rings is 1. The lowest BCUT2D eigenvalue weighted by Gasteiger charge is -2.21. The molecule has 3 heterocycles. The summed E-state index contributed by atoms with van der Waals surface area (Å²) in [5.41, 5.74) is 6.88. The summed E-state index contributed by atoms with van der Waals surface area (Å²) in [5, 5.41) is -0.163. The van der Waals surface area contributed by atoms with Crippen LogP contribution in [-0.2, 0) is 32.5 Å². The summed E-state index contributed by atoms with van der Waals surface area (Å²) < 4.78 is 36.9. The van der Waals surface area contributed by atoms with E-state index in [0.717, 1.165) is 23.5 Å². The topological polar surface area (TPSA) is 158 Å². The quantitative estimate of drug-likeness (QED) is 0.351. The molecule has 176 valence electrons. The molecule has 2 aromatic rings. The fourth-order valence-corrected chi connectivity index (χ4v) is 5.31. The highest BCUT2D eigenvalue weighted by Crippen LogP contribution is 2.52. The molecule has 1 fully saturated rings. The number of rotatable bonds is 11. The molecule has 2 N–H and O–H groups in total. The zero-order valence-corrected chi connectivity index (χ0v) is 20.1. The molecule has 0 saturated carbocycles. The molecule has 15 heteroatoms. The third-order valence-corrected chi connectivity index (χ3v) is 7.29. The number of nitrogens with zero attached hydrogens (tertiary/aromatic N) is 4. The van der Waals surface area contributed by atoms with Crippen LogP contribution >= 0.6 is 31.3 Å². The third kappa shape index (κ3) is 6.98. The molecule has 0 aliphatic carbocycles. The average Bonchev–Trinajstić information content (AvgIpc) is 3.36. The summed E-state index contributed by atoms with van der Waals surface area (Å²) in [7, 11) is -3.99. The van der Waals surface area contributed by atoms with Gasteiger partial charge < -0.3 is 15.0 Å². The van der Waals surface area contributed by atoms with Crippen LogP contribution < -0.4 is 5.73 Å². The lowest BCUT2D eigenvalue weighted by molar-refractivity contribution is -0.109. The number of phosphoric acid groups is 1. The molecule has 0 radical (unpaired) electrons. The summed E-state index contributed by atoms with van der Waals surface area (Å²) in [4.78, 5) is 34.6. The Morgan fingerprint density at radius 2 is 1.84 bits per heavy atom. The molecule has 1 aliphatic rings. The molecule has 12 nitrogen and oxygen atoms in total. The van der Waals surface area contributed by atoms with Crippen molar-refractivity contribution in [3.05, 3.63) is 12.7 Å². The monoisotopic (exact) mass is 505 g/mol. The van der Waals surface area contributed by atoms with Crippen LogP contribution in [0.4, 0.5) is 5.82 Å². The Labute approximate surface area is 192 Å². The smallest absolute Gasteiger partial charge is 0.382 e. The van der Waals surface area contributed by atoms with Crippen LogP contribution in [0.1, 0.15) is 26.3 Å². The molecule has 32 heavy (non-hydrogen) atoms. The van der Waals surface area contributed by atoms with Gasteiger partial charge in [-0.1, -0.05) is 23.5 Å². The maximum absolute atomic E-state index is 13.1. The molecular weight excluding hydrogens is 481 g/mol. The Balaban J connectivity index is 1.61. The molecular formula is C17H24N5O7PS2. The summed E-state index contributed by atoms with van der Waals surface area (Å²) in [6, 6.07) is -0.186. The fraction of sp³-hybridized carbons (Fsp3) is 0.588. The van der Waals surface area contributed by atoms with E-state index in [9.17, 15) is 14.2 Å².